The lowest BCUT2D eigenvalue weighted by Gasteiger charge is -2.34. The SMILES string of the molecule is CC1=C(C#N)C(c2ccc(C#N)cc2S(=O)(=O)Cl)NC(=O)N1c1cccc(C(F)(F)F)c1. The van der Waals surface area contributed by atoms with Crippen LogP contribution in [0.4, 0.5) is 23.7 Å². The van der Waals surface area contributed by atoms with Crippen LogP contribution < -0.4 is 10.2 Å². The number of nitriles is 2. The maximum atomic E-state index is 13.1. The van der Waals surface area contributed by atoms with E-state index in [1.54, 1.807) is 6.07 Å². The predicted octanol–water partition coefficient (Wildman–Crippen LogP) is 4.57. The Bertz CT molecular complexity index is 1340. The molecule has 7 nitrogen and oxygen atoms in total. The van der Waals surface area contributed by atoms with E-state index in [2.05, 4.69) is 5.32 Å². The number of hydrogen-bond donors (Lipinski definition) is 1. The van der Waals surface area contributed by atoms with Gasteiger partial charge in [0.1, 0.15) is 0 Å². The van der Waals surface area contributed by atoms with Gasteiger partial charge in [0.15, 0.2) is 0 Å². The van der Waals surface area contributed by atoms with Crippen molar-refractivity contribution in [1.29, 1.82) is 10.5 Å². The van der Waals surface area contributed by atoms with Gasteiger partial charge in [-0.2, -0.15) is 23.7 Å². The van der Waals surface area contributed by atoms with Crippen molar-refractivity contribution in [2.45, 2.75) is 24.0 Å². The number of urea groups is 1. The average molecular weight is 481 g/mol. The van der Waals surface area contributed by atoms with Crippen molar-refractivity contribution in [3.63, 3.8) is 0 Å². The fourth-order valence-electron chi connectivity index (χ4n) is 3.31. The minimum Gasteiger partial charge on any atom is -0.326 e. The number of carbonyl (C=O) groups excluding carboxylic acids is 1. The van der Waals surface area contributed by atoms with Crippen LogP contribution in [0.25, 0.3) is 0 Å². The van der Waals surface area contributed by atoms with Crippen molar-refractivity contribution in [3.8, 4) is 12.1 Å². The van der Waals surface area contributed by atoms with E-state index in [9.17, 15) is 31.6 Å². The molecule has 1 heterocycles. The van der Waals surface area contributed by atoms with Crippen LogP contribution in [0.1, 0.15) is 29.7 Å². The van der Waals surface area contributed by atoms with Crippen LogP contribution in [-0.2, 0) is 15.2 Å². The first-order valence-corrected chi connectivity index (χ1v) is 11.1. The number of anilines is 1. The van der Waals surface area contributed by atoms with Crippen molar-refractivity contribution in [2.24, 2.45) is 0 Å². The van der Waals surface area contributed by atoms with Gasteiger partial charge in [-0.1, -0.05) is 12.1 Å². The summed E-state index contributed by atoms with van der Waals surface area (Å²) in [6.07, 6.45) is -4.65. The molecule has 0 fully saturated rings. The lowest BCUT2D eigenvalue weighted by molar-refractivity contribution is -0.137. The summed E-state index contributed by atoms with van der Waals surface area (Å²) >= 11 is 0. The normalized spacial score (nSPS) is 16.9. The zero-order valence-electron chi connectivity index (χ0n) is 16.1. The summed E-state index contributed by atoms with van der Waals surface area (Å²) in [6.45, 7) is 1.35. The highest BCUT2D eigenvalue weighted by Crippen LogP contribution is 2.38. The van der Waals surface area contributed by atoms with Gasteiger partial charge in [0.05, 0.1) is 45.5 Å². The quantitative estimate of drug-likeness (QED) is 0.646. The van der Waals surface area contributed by atoms with E-state index in [0.29, 0.717) is 0 Å². The molecule has 1 aliphatic heterocycles. The van der Waals surface area contributed by atoms with Crippen molar-refractivity contribution in [1.82, 2.24) is 5.32 Å². The van der Waals surface area contributed by atoms with Crippen molar-refractivity contribution >= 4 is 31.5 Å². The van der Waals surface area contributed by atoms with Crippen molar-refractivity contribution in [2.75, 3.05) is 4.90 Å². The van der Waals surface area contributed by atoms with Gasteiger partial charge < -0.3 is 5.32 Å². The average Bonchev–Trinajstić information content (AvgIpc) is 2.72. The van der Waals surface area contributed by atoms with E-state index >= 15 is 0 Å². The molecule has 3 rings (SSSR count). The Morgan fingerprint density at radius 3 is 2.38 bits per heavy atom. The number of carbonyl (C=O) groups is 1. The zero-order chi connectivity index (χ0) is 23.8. The Balaban J connectivity index is 2.19. The molecule has 2 aromatic rings. The summed E-state index contributed by atoms with van der Waals surface area (Å²) in [4.78, 5) is 13.3. The van der Waals surface area contributed by atoms with Crippen LogP contribution in [0.5, 0.6) is 0 Å². The lowest BCUT2D eigenvalue weighted by Crippen LogP contribution is -2.46. The highest BCUT2D eigenvalue weighted by Gasteiger charge is 2.37. The molecule has 1 aliphatic rings. The molecular formula is C20H12ClF3N4O3S. The summed E-state index contributed by atoms with van der Waals surface area (Å²) in [6, 6.07) is 9.03. The molecule has 164 valence electrons. The lowest BCUT2D eigenvalue weighted by atomic mass is 9.94. The second-order valence-corrected chi connectivity index (χ2v) is 9.21. The Morgan fingerprint density at radius 2 is 1.81 bits per heavy atom. The molecule has 1 N–H and O–H groups in total. The molecule has 0 saturated carbocycles. The number of hydrogen-bond acceptors (Lipinski definition) is 5. The molecule has 0 bridgehead atoms. The first-order valence-electron chi connectivity index (χ1n) is 8.76. The highest BCUT2D eigenvalue weighted by atomic mass is 35.7. The zero-order valence-corrected chi connectivity index (χ0v) is 17.7. The summed E-state index contributed by atoms with van der Waals surface area (Å²) in [7, 11) is 1.12. The van der Waals surface area contributed by atoms with Crippen LogP contribution >= 0.6 is 10.7 Å². The molecule has 0 spiro atoms. The highest BCUT2D eigenvalue weighted by molar-refractivity contribution is 8.13. The molecule has 0 radical (unpaired) electrons. The second kappa shape index (κ2) is 8.19. The Labute approximate surface area is 185 Å². The number of amides is 2. The Kier molecular flexibility index (Phi) is 5.92. The maximum Gasteiger partial charge on any atom is 0.416 e. The van der Waals surface area contributed by atoms with Crippen molar-refractivity contribution in [3.05, 3.63) is 70.4 Å². The van der Waals surface area contributed by atoms with E-state index < -0.39 is 37.8 Å². The third kappa shape index (κ3) is 4.26. The minimum absolute atomic E-state index is 0.00264. The van der Waals surface area contributed by atoms with E-state index in [4.69, 9.17) is 15.9 Å². The van der Waals surface area contributed by atoms with Gasteiger partial charge in [-0.25, -0.2) is 13.2 Å². The standard InChI is InChI=1S/C20H12ClF3N4O3S/c1-11-16(10-26)18(15-6-5-12(9-25)7-17(15)32(21,30)31)27-19(29)28(11)14-4-2-3-13(8-14)20(22,23)24/h2-8,18H,1H3,(H,27,29). The van der Waals surface area contributed by atoms with Crippen LogP contribution in [0.15, 0.2) is 58.6 Å². The van der Waals surface area contributed by atoms with E-state index in [1.807, 2.05) is 6.07 Å². The summed E-state index contributed by atoms with van der Waals surface area (Å²) in [5.41, 5.74) is -1.31. The third-order valence-electron chi connectivity index (χ3n) is 4.75. The molecule has 2 amide bonds. The number of benzene rings is 2. The van der Waals surface area contributed by atoms with Crippen LogP contribution in [0, 0.1) is 22.7 Å². The maximum absolute atomic E-state index is 13.1. The number of allylic oxidation sites excluding steroid dienone is 1. The summed E-state index contributed by atoms with van der Waals surface area (Å²) in [5.74, 6) is 0. The first-order chi connectivity index (χ1) is 14.9. The van der Waals surface area contributed by atoms with Gasteiger partial charge in [-0.15, -0.1) is 0 Å². The van der Waals surface area contributed by atoms with Gasteiger partial charge in [0, 0.05) is 16.4 Å². The largest absolute Gasteiger partial charge is 0.416 e. The van der Waals surface area contributed by atoms with Gasteiger partial charge in [-0.05, 0) is 42.8 Å². The number of alkyl halides is 3. The van der Waals surface area contributed by atoms with Crippen molar-refractivity contribution < 1.29 is 26.4 Å². The fraction of sp³-hybridized carbons (Fsp3) is 0.150. The molecule has 2 aromatic carbocycles. The molecule has 1 unspecified atom stereocenters. The molecular weight excluding hydrogens is 469 g/mol. The van der Waals surface area contributed by atoms with E-state index in [-0.39, 0.29) is 28.1 Å². The van der Waals surface area contributed by atoms with Crippen LogP contribution in [0.3, 0.4) is 0 Å². The third-order valence-corrected chi connectivity index (χ3v) is 6.13. The monoisotopic (exact) mass is 480 g/mol. The van der Waals surface area contributed by atoms with Crippen LogP contribution in [0.2, 0.25) is 0 Å². The molecule has 12 heteroatoms. The number of rotatable bonds is 3. The Morgan fingerprint density at radius 1 is 1.12 bits per heavy atom. The van der Waals surface area contributed by atoms with Crippen LogP contribution in [-0.4, -0.2) is 14.4 Å². The first kappa shape index (κ1) is 23.1. The fourth-order valence-corrected chi connectivity index (χ4v) is 4.44. The van der Waals surface area contributed by atoms with Gasteiger partial charge in [0.25, 0.3) is 9.05 Å². The minimum atomic E-state index is -4.65. The van der Waals surface area contributed by atoms with Gasteiger partial charge in [0.2, 0.25) is 0 Å². The smallest absolute Gasteiger partial charge is 0.326 e. The van der Waals surface area contributed by atoms with E-state index in [0.717, 1.165) is 29.2 Å². The number of nitrogens with zero attached hydrogens (tertiary/aromatic N) is 3. The molecule has 0 aliphatic carbocycles. The van der Waals surface area contributed by atoms with E-state index in [1.165, 1.54) is 25.1 Å². The molecule has 0 saturated heterocycles. The number of halogens is 4. The summed E-state index contributed by atoms with van der Waals surface area (Å²) < 4.78 is 63.4. The predicted molar refractivity (Wildman–Crippen MR) is 108 cm³/mol. The van der Waals surface area contributed by atoms with Gasteiger partial charge >= 0.3 is 12.2 Å². The molecule has 32 heavy (non-hydrogen) atoms. The molecule has 1 atom stereocenters. The van der Waals surface area contributed by atoms with Gasteiger partial charge in [-0.3, -0.25) is 4.90 Å². The Hall–Kier alpha value is -3.54. The number of nitrogens with one attached hydrogen (secondary N) is 1. The summed E-state index contributed by atoms with van der Waals surface area (Å²) in [5, 5.41) is 21.2. The molecule has 0 aromatic heterocycles. The second-order valence-electron chi connectivity index (χ2n) is 6.68. The topological polar surface area (TPSA) is 114 Å².